The Morgan fingerprint density at radius 1 is 1.06 bits per heavy atom. The van der Waals surface area contributed by atoms with Crippen LogP contribution in [-0.2, 0) is 16.1 Å². The number of nitrogens with one attached hydrogen (secondary N) is 4. The van der Waals surface area contributed by atoms with Gasteiger partial charge in [0.05, 0.1) is 20.2 Å². The molecular formula is C23H33N5O3+2. The van der Waals surface area contributed by atoms with E-state index in [0.717, 1.165) is 49.6 Å². The van der Waals surface area contributed by atoms with E-state index in [1.165, 1.54) is 4.90 Å². The van der Waals surface area contributed by atoms with Crippen LogP contribution in [0.2, 0.25) is 0 Å². The van der Waals surface area contributed by atoms with E-state index >= 15 is 0 Å². The molecule has 0 aliphatic carbocycles. The molecule has 0 bridgehead atoms. The lowest BCUT2D eigenvalue weighted by molar-refractivity contribution is -1.03. The van der Waals surface area contributed by atoms with Gasteiger partial charge in [-0.05, 0) is 36.8 Å². The lowest BCUT2D eigenvalue weighted by Crippen LogP contribution is -3.28. The summed E-state index contributed by atoms with van der Waals surface area (Å²) >= 11 is 0. The number of piperazine rings is 1. The average molecular weight is 428 g/mol. The van der Waals surface area contributed by atoms with Crippen LogP contribution in [0.15, 0.2) is 48.8 Å². The largest absolute Gasteiger partial charge is 0.497 e. The smallest absolute Gasteiger partial charge is 0.309 e. The number of nitrogens with zero attached hydrogens (tertiary/aromatic N) is 1. The van der Waals surface area contributed by atoms with Crippen LogP contribution in [0, 0.1) is 0 Å². The molecule has 1 aromatic heterocycles. The van der Waals surface area contributed by atoms with Gasteiger partial charge in [0.25, 0.3) is 0 Å². The Balaban J connectivity index is 1.54. The van der Waals surface area contributed by atoms with Gasteiger partial charge in [0.15, 0.2) is 0 Å². The molecule has 0 unspecified atom stereocenters. The normalized spacial score (nSPS) is 19.3. The van der Waals surface area contributed by atoms with Gasteiger partial charge in [-0.3, -0.25) is 14.6 Å². The van der Waals surface area contributed by atoms with Crippen molar-refractivity contribution in [2.24, 2.45) is 0 Å². The van der Waals surface area contributed by atoms with E-state index < -0.39 is 11.8 Å². The number of rotatable bonds is 8. The predicted molar refractivity (Wildman–Crippen MR) is 117 cm³/mol. The average Bonchev–Trinajstić information content (AvgIpc) is 2.83. The van der Waals surface area contributed by atoms with Crippen LogP contribution in [0.1, 0.15) is 24.1 Å². The van der Waals surface area contributed by atoms with Crippen LogP contribution in [0.4, 0.5) is 0 Å². The standard InChI is InChI=1S/C23H31N5O3/c1-3-27-11-13-28(14-12-27)21(19-5-4-10-24-16-19)17-26-23(30)22(29)25-15-18-6-8-20(31-2)9-7-18/h4-10,16,21H,3,11-15,17H2,1-2H3,(H,25,29)(H,26,30)/p+2/t21-/m0/s1. The van der Waals surface area contributed by atoms with E-state index in [-0.39, 0.29) is 12.6 Å². The van der Waals surface area contributed by atoms with Crippen LogP contribution in [0.3, 0.4) is 0 Å². The molecule has 2 amide bonds. The molecule has 1 aliphatic heterocycles. The van der Waals surface area contributed by atoms with Crippen molar-refractivity contribution >= 4 is 11.8 Å². The molecule has 4 N–H and O–H groups in total. The summed E-state index contributed by atoms with van der Waals surface area (Å²) < 4.78 is 5.13. The number of aromatic nitrogens is 1. The molecule has 8 heteroatoms. The minimum atomic E-state index is -0.629. The number of pyridine rings is 1. The van der Waals surface area contributed by atoms with Gasteiger partial charge in [0.1, 0.15) is 38.0 Å². The van der Waals surface area contributed by atoms with Crippen LogP contribution < -0.4 is 25.2 Å². The fourth-order valence-electron chi connectivity index (χ4n) is 3.99. The summed E-state index contributed by atoms with van der Waals surface area (Å²) in [6.07, 6.45) is 3.60. The highest BCUT2D eigenvalue weighted by Crippen LogP contribution is 2.11. The predicted octanol–water partition coefficient (Wildman–Crippen LogP) is -1.63. The Bertz CT molecular complexity index is 836. The van der Waals surface area contributed by atoms with Crippen molar-refractivity contribution in [3.63, 3.8) is 0 Å². The van der Waals surface area contributed by atoms with E-state index in [1.807, 2.05) is 42.6 Å². The lowest BCUT2D eigenvalue weighted by Gasteiger charge is -2.34. The van der Waals surface area contributed by atoms with Gasteiger partial charge in [0, 0.05) is 24.5 Å². The van der Waals surface area contributed by atoms with E-state index in [4.69, 9.17) is 4.74 Å². The Kier molecular flexibility index (Phi) is 8.37. The summed E-state index contributed by atoms with van der Waals surface area (Å²) in [5.74, 6) is -0.492. The van der Waals surface area contributed by atoms with Crippen molar-refractivity contribution in [2.45, 2.75) is 19.5 Å². The fraction of sp³-hybridized carbons (Fsp3) is 0.435. The molecule has 0 radical (unpaired) electrons. The molecule has 0 spiro atoms. The molecule has 166 valence electrons. The zero-order valence-electron chi connectivity index (χ0n) is 18.3. The van der Waals surface area contributed by atoms with Crippen LogP contribution >= 0.6 is 0 Å². The molecule has 1 saturated heterocycles. The molecule has 1 aromatic carbocycles. The second-order valence-corrected chi connectivity index (χ2v) is 7.84. The maximum absolute atomic E-state index is 12.4. The highest BCUT2D eigenvalue weighted by Gasteiger charge is 2.31. The number of carbonyl (C=O) groups is 2. The van der Waals surface area contributed by atoms with Gasteiger partial charge in [-0.2, -0.15) is 0 Å². The van der Waals surface area contributed by atoms with Crippen molar-refractivity contribution < 1.29 is 24.1 Å². The number of quaternary nitrogens is 2. The Hall–Kier alpha value is -2.97. The first-order chi connectivity index (χ1) is 15.1. The molecule has 31 heavy (non-hydrogen) atoms. The van der Waals surface area contributed by atoms with Gasteiger partial charge >= 0.3 is 11.8 Å². The molecule has 1 aliphatic rings. The third kappa shape index (κ3) is 6.50. The zero-order chi connectivity index (χ0) is 22.1. The molecule has 2 aromatic rings. The number of benzene rings is 1. The summed E-state index contributed by atoms with van der Waals surface area (Å²) in [6.45, 7) is 8.31. The first-order valence-corrected chi connectivity index (χ1v) is 10.9. The first-order valence-electron chi connectivity index (χ1n) is 10.9. The van der Waals surface area contributed by atoms with Crippen molar-refractivity contribution in [1.29, 1.82) is 0 Å². The Morgan fingerprint density at radius 3 is 2.39 bits per heavy atom. The number of likely N-dealkylation sites (N-methyl/N-ethyl adjacent to an activating group) is 1. The first kappa shape index (κ1) is 22.7. The summed E-state index contributed by atoms with van der Waals surface area (Å²) in [4.78, 5) is 32.0. The highest BCUT2D eigenvalue weighted by atomic mass is 16.5. The molecule has 1 fully saturated rings. The van der Waals surface area contributed by atoms with Crippen LogP contribution in [-0.4, -0.2) is 63.2 Å². The van der Waals surface area contributed by atoms with Gasteiger partial charge < -0.3 is 25.2 Å². The molecule has 2 heterocycles. The third-order valence-corrected chi connectivity index (χ3v) is 5.96. The summed E-state index contributed by atoms with van der Waals surface area (Å²) in [7, 11) is 1.60. The minimum absolute atomic E-state index is 0.0745. The molecule has 1 atom stereocenters. The van der Waals surface area contributed by atoms with E-state index in [9.17, 15) is 9.59 Å². The number of hydrogen-bond donors (Lipinski definition) is 4. The van der Waals surface area contributed by atoms with Gasteiger partial charge in [-0.25, -0.2) is 0 Å². The monoisotopic (exact) mass is 427 g/mol. The number of amides is 2. The van der Waals surface area contributed by atoms with E-state index in [1.54, 1.807) is 18.2 Å². The lowest BCUT2D eigenvalue weighted by atomic mass is 10.1. The second kappa shape index (κ2) is 11.4. The number of carbonyl (C=O) groups excluding carboxylic acids is 2. The fourth-order valence-corrected chi connectivity index (χ4v) is 3.99. The van der Waals surface area contributed by atoms with Crippen molar-refractivity contribution in [3.8, 4) is 5.75 Å². The maximum Gasteiger partial charge on any atom is 0.309 e. The SMILES string of the molecule is CC[NH+]1CC[NH+]([C@@H](CNC(=O)C(=O)NCc2ccc(OC)cc2)c2cccnc2)CC1. The third-order valence-electron chi connectivity index (χ3n) is 5.96. The minimum Gasteiger partial charge on any atom is -0.497 e. The van der Waals surface area contributed by atoms with Crippen LogP contribution in [0.5, 0.6) is 5.75 Å². The molecule has 8 nitrogen and oxygen atoms in total. The van der Waals surface area contributed by atoms with Crippen molar-refractivity contribution in [1.82, 2.24) is 15.6 Å². The molecule has 3 rings (SSSR count). The summed E-state index contributed by atoms with van der Waals surface area (Å²) in [5, 5.41) is 5.51. The number of methoxy groups -OCH3 is 1. The molecule has 0 saturated carbocycles. The molecular weight excluding hydrogens is 394 g/mol. The second-order valence-electron chi connectivity index (χ2n) is 7.84. The van der Waals surface area contributed by atoms with Crippen molar-refractivity contribution in [2.75, 3.05) is 46.4 Å². The van der Waals surface area contributed by atoms with Gasteiger partial charge in [-0.1, -0.05) is 12.1 Å². The quantitative estimate of drug-likeness (QED) is 0.381. The summed E-state index contributed by atoms with van der Waals surface area (Å²) in [5.41, 5.74) is 1.98. The number of ether oxygens (including phenoxy) is 1. The maximum atomic E-state index is 12.4. The summed E-state index contributed by atoms with van der Waals surface area (Å²) in [6, 6.07) is 11.4. The topological polar surface area (TPSA) is 89.2 Å². The van der Waals surface area contributed by atoms with Crippen molar-refractivity contribution in [3.05, 3.63) is 59.9 Å². The van der Waals surface area contributed by atoms with Gasteiger partial charge in [-0.15, -0.1) is 0 Å². The van der Waals surface area contributed by atoms with E-state index in [0.29, 0.717) is 6.54 Å². The van der Waals surface area contributed by atoms with Gasteiger partial charge in [0.2, 0.25) is 0 Å². The Labute approximate surface area is 183 Å². The van der Waals surface area contributed by atoms with Crippen LogP contribution in [0.25, 0.3) is 0 Å². The number of hydrogen-bond acceptors (Lipinski definition) is 4. The zero-order valence-corrected chi connectivity index (χ0v) is 18.3. The Morgan fingerprint density at radius 2 is 1.77 bits per heavy atom. The highest BCUT2D eigenvalue weighted by molar-refractivity contribution is 6.35. The van der Waals surface area contributed by atoms with E-state index in [2.05, 4.69) is 22.5 Å².